The fraction of sp³-hybridized carbons (Fsp3) is 0.909. The van der Waals surface area contributed by atoms with Gasteiger partial charge in [0.1, 0.15) is 0 Å². The molecule has 3 fully saturated rings. The fourth-order valence-corrected chi connectivity index (χ4v) is 3.09. The van der Waals surface area contributed by atoms with Gasteiger partial charge in [-0.3, -0.25) is 4.79 Å². The third-order valence-electron chi connectivity index (χ3n) is 4.02. The Labute approximate surface area is 83.8 Å². The van der Waals surface area contributed by atoms with Crippen LogP contribution in [-0.4, -0.2) is 25.3 Å². The Balaban J connectivity index is 1.84. The monoisotopic (exact) mass is 196 g/mol. The molecule has 0 N–H and O–H groups in total. The molecule has 0 amide bonds. The van der Waals surface area contributed by atoms with Crippen LogP contribution in [0, 0.1) is 11.3 Å². The number of ether oxygens (including phenoxy) is 2. The summed E-state index contributed by atoms with van der Waals surface area (Å²) >= 11 is 0. The van der Waals surface area contributed by atoms with Gasteiger partial charge in [0.15, 0.2) is 0 Å². The highest BCUT2D eigenvalue weighted by Crippen LogP contribution is 2.50. The molecule has 0 radical (unpaired) electrons. The van der Waals surface area contributed by atoms with Crippen LogP contribution in [0.2, 0.25) is 0 Å². The second-order valence-corrected chi connectivity index (χ2v) is 4.86. The van der Waals surface area contributed by atoms with Crippen molar-refractivity contribution in [1.82, 2.24) is 0 Å². The number of cyclic esters (lactones) is 1. The summed E-state index contributed by atoms with van der Waals surface area (Å²) in [6.45, 7) is 1.51. The summed E-state index contributed by atoms with van der Waals surface area (Å²) in [6, 6.07) is 0. The molecule has 0 bridgehead atoms. The number of hydrogen-bond donors (Lipinski definition) is 0. The van der Waals surface area contributed by atoms with Crippen molar-refractivity contribution in [2.75, 3.05) is 13.2 Å². The third-order valence-corrected chi connectivity index (χ3v) is 4.02. The molecule has 2 heterocycles. The second kappa shape index (κ2) is 2.96. The van der Waals surface area contributed by atoms with Crippen LogP contribution in [0.4, 0.5) is 0 Å². The van der Waals surface area contributed by atoms with Gasteiger partial charge in [0.05, 0.1) is 24.7 Å². The van der Waals surface area contributed by atoms with Gasteiger partial charge in [-0.2, -0.15) is 0 Å². The predicted molar refractivity (Wildman–Crippen MR) is 49.7 cm³/mol. The van der Waals surface area contributed by atoms with Crippen molar-refractivity contribution in [2.45, 2.75) is 38.2 Å². The zero-order valence-corrected chi connectivity index (χ0v) is 8.33. The molecule has 2 aliphatic heterocycles. The quantitative estimate of drug-likeness (QED) is 0.496. The molecule has 0 spiro atoms. The number of hydrogen-bond acceptors (Lipinski definition) is 3. The van der Waals surface area contributed by atoms with Crippen molar-refractivity contribution in [2.24, 2.45) is 11.3 Å². The molecule has 3 rings (SSSR count). The third kappa shape index (κ3) is 1.18. The smallest absolute Gasteiger partial charge is 0.312 e. The Hall–Kier alpha value is -0.570. The molecular weight excluding hydrogens is 180 g/mol. The van der Waals surface area contributed by atoms with E-state index in [0.29, 0.717) is 18.6 Å². The maximum atomic E-state index is 11.8. The van der Waals surface area contributed by atoms with Crippen molar-refractivity contribution in [3.05, 3.63) is 0 Å². The number of fused-ring (bicyclic) bond motifs is 1. The Bertz CT molecular complexity index is 259. The Kier molecular flexibility index (Phi) is 1.84. The maximum Gasteiger partial charge on any atom is 0.312 e. The highest BCUT2D eigenvalue weighted by atomic mass is 16.6. The standard InChI is InChI=1S/C11H16O3/c12-10-11(5-9-7-13-9)4-2-1-3-8(11)6-14-10/h8-9H,1-7H2/t8-,9-,11+/m0/s1. The van der Waals surface area contributed by atoms with Crippen molar-refractivity contribution in [3.63, 3.8) is 0 Å². The first-order valence-corrected chi connectivity index (χ1v) is 5.60. The van der Waals surface area contributed by atoms with Crippen LogP contribution in [0.1, 0.15) is 32.1 Å². The average molecular weight is 196 g/mol. The zero-order valence-electron chi connectivity index (χ0n) is 8.33. The number of rotatable bonds is 2. The van der Waals surface area contributed by atoms with Gasteiger partial charge in [-0.15, -0.1) is 0 Å². The highest BCUT2D eigenvalue weighted by molar-refractivity contribution is 5.79. The number of carbonyl (C=O) groups is 1. The topological polar surface area (TPSA) is 38.8 Å². The fourth-order valence-electron chi connectivity index (χ4n) is 3.09. The molecule has 3 atom stereocenters. The van der Waals surface area contributed by atoms with Crippen LogP contribution >= 0.6 is 0 Å². The molecule has 1 aliphatic carbocycles. The van der Waals surface area contributed by atoms with E-state index in [1.165, 1.54) is 19.3 Å². The van der Waals surface area contributed by atoms with Gasteiger partial charge < -0.3 is 9.47 Å². The van der Waals surface area contributed by atoms with E-state index >= 15 is 0 Å². The molecule has 0 aromatic rings. The van der Waals surface area contributed by atoms with E-state index in [2.05, 4.69) is 0 Å². The second-order valence-electron chi connectivity index (χ2n) is 4.86. The predicted octanol–water partition coefficient (Wildman–Crippen LogP) is 1.51. The van der Waals surface area contributed by atoms with E-state index in [4.69, 9.17) is 9.47 Å². The summed E-state index contributed by atoms with van der Waals surface area (Å²) in [6.07, 6.45) is 5.89. The van der Waals surface area contributed by atoms with E-state index < -0.39 is 0 Å². The summed E-state index contributed by atoms with van der Waals surface area (Å²) in [4.78, 5) is 11.8. The first kappa shape index (κ1) is 8.72. The summed E-state index contributed by atoms with van der Waals surface area (Å²) in [5.41, 5.74) is -0.153. The lowest BCUT2D eigenvalue weighted by atomic mass is 9.65. The van der Waals surface area contributed by atoms with Gasteiger partial charge in [0.2, 0.25) is 0 Å². The lowest BCUT2D eigenvalue weighted by Gasteiger charge is -2.34. The van der Waals surface area contributed by atoms with Crippen LogP contribution in [0.15, 0.2) is 0 Å². The minimum absolute atomic E-state index is 0.0534. The van der Waals surface area contributed by atoms with Crippen LogP contribution < -0.4 is 0 Å². The molecule has 1 saturated carbocycles. The normalized spacial score (nSPS) is 45.9. The SMILES string of the molecule is O=C1OC[C@@H]2CCCC[C@]12C[C@H]1CO1. The Morgan fingerprint density at radius 3 is 3.00 bits per heavy atom. The number of epoxide rings is 1. The van der Waals surface area contributed by atoms with E-state index in [0.717, 1.165) is 19.4 Å². The number of esters is 1. The van der Waals surface area contributed by atoms with E-state index in [9.17, 15) is 4.79 Å². The maximum absolute atomic E-state index is 11.8. The van der Waals surface area contributed by atoms with Gasteiger partial charge in [0, 0.05) is 5.92 Å². The zero-order chi connectivity index (χ0) is 9.60. The van der Waals surface area contributed by atoms with E-state index in [1.807, 2.05) is 0 Å². The lowest BCUT2D eigenvalue weighted by molar-refractivity contribution is -0.148. The van der Waals surface area contributed by atoms with Gasteiger partial charge >= 0.3 is 5.97 Å². The van der Waals surface area contributed by atoms with Crippen LogP contribution in [0.3, 0.4) is 0 Å². The Morgan fingerprint density at radius 1 is 1.36 bits per heavy atom. The van der Waals surface area contributed by atoms with Gasteiger partial charge in [-0.05, 0) is 19.3 Å². The van der Waals surface area contributed by atoms with Gasteiger partial charge in [0.25, 0.3) is 0 Å². The lowest BCUT2D eigenvalue weighted by Crippen LogP contribution is -2.37. The largest absolute Gasteiger partial charge is 0.465 e. The van der Waals surface area contributed by atoms with E-state index in [1.54, 1.807) is 0 Å². The first-order chi connectivity index (χ1) is 6.81. The van der Waals surface area contributed by atoms with Crippen LogP contribution in [-0.2, 0) is 14.3 Å². The van der Waals surface area contributed by atoms with Gasteiger partial charge in [-0.25, -0.2) is 0 Å². The molecule has 0 unspecified atom stereocenters. The van der Waals surface area contributed by atoms with E-state index in [-0.39, 0.29) is 11.4 Å². The first-order valence-electron chi connectivity index (χ1n) is 5.60. The molecule has 0 aromatic carbocycles. The van der Waals surface area contributed by atoms with Crippen molar-refractivity contribution >= 4 is 5.97 Å². The van der Waals surface area contributed by atoms with Crippen LogP contribution in [0.25, 0.3) is 0 Å². The van der Waals surface area contributed by atoms with Crippen molar-refractivity contribution in [3.8, 4) is 0 Å². The molecule has 0 aromatic heterocycles. The molecule has 14 heavy (non-hydrogen) atoms. The van der Waals surface area contributed by atoms with Crippen molar-refractivity contribution < 1.29 is 14.3 Å². The summed E-state index contributed by atoms with van der Waals surface area (Å²) in [7, 11) is 0. The van der Waals surface area contributed by atoms with Crippen molar-refractivity contribution in [1.29, 1.82) is 0 Å². The molecule has 3 nitrogen and oxygen atoms in total. The summed E-state index contributed by atoms with van der Waals surface area (Å²) in [5.74, 6) is 0.533. The highest BCUT2D eigenvalue weighted by Gasteiger charge is 2.55. The average Bonchev–Trinajstić information content (AvgIpc) is 2.94. The molecule has 2 saturated heterocycles. The minimum Gasteiger partial charge on any atom is -0.465 e. The summed E-state index contributed by atoms with van der Waals surface area (Å²) in [5, 5.41) is 0. The summed E-state index contributed by atoms with van der Waals surface area (Å²) < 4.78 is 10.5. The molecule has 3 heteroatoms. The molecule has 78 valence electrons. The van der Waals surface area contributed by atoms with Gasteiger partial charge in [-0.1, -0.05) is 12.8 Å². The minimum atomic E-state index is -0.153. The molecular formula is C11H16O3. The number of carbonyl (C=O) groups excluding carboxylic acids is 1. The van der Waals surface area contributed by atoms with Crippen LogP contribution in [0.5, 0.6) is 0 Å². The Morgan fingerprint density at radius 2 is 2.21 bits per heavy atom. The molecule has 3 aliphatic rings.